The van der Waals surface area contributed by atoms with Crippen LogP contribution < -0.4 is 0 Å². The summed E-state index contributed by atoms with van der Waals surface area (Å²) in [6, 6.07) is 0. The van der Waals surface area contributed by atoms with Gasteiger partial charge in [-0.25, -0.2) is 4.79 Å². The van der Waals surface area contributed by atoms with Crippen LogP contribution >= 0.6 is 0 Å². The lowest BCUT2D eigenvalue weighted by atomic mass is 10.1. The van der Waals surface area contributed by atoms with Crippen LogP contribution in [0, 0.1) is 0 Å². The first kappa shape index (κ1) is 10.2. The molecule has 1 saturated heterocycles. The zero-order valence-corrected chi connectivity index (χ0v) is 7.52. The van der Waals surface area contributed by atoms with Crippen molar-refractivity contribution in [3.63, 3.8) is 0 Å². The molecule has 0 amide bonds. The first-order valence-corrected chi connectivity index (χ1v) is 4.48. The van der Waals surface area contributed by atoms with Gasteiger partial charge < -0.3 is 10.2 Å². The Bertz CT molecular complexity index is 195. The molecule has 13 heavy (non-hydrogen) atoms. The molecule has 0 aliphatic carbocycles. The Morgan fingerprint density at radius 2 is 2.08 bits per heavy atom. The molecule has 74 valence electrons. The molecule has 1 rings (SSSR count). The number of nitrogens with zero attached hydrogens (tertiary/aromatic N) is 1. The summed E-state index contributed by atoms with van der Waals surface area (Å²) in [6.45, 7) is 2.37. The fraction of sp³-hybridized carbons (Fsp3) is 0.667. The predicted molar refractivity (Wildman–Crippen MR) is 48.5 cm³/mol. The van der Waals surface area contributed by atoms with E-state index in [4.69, 9.17) is 5.11 Å². The van der Waals surface area contributed by atoms with Gasteiger partial charge in [0.1, 0.15) is 0 Å². The van der Waals surface area contributed by atoms with E-state index in [9.17, 15) is 9.90 Å². The normalized spacial score (nSPS) is 21.0. The van der Waals surface area contributed by atoms with Crippen molar-refractivity contribution >= 4 is 5.97 Å². The second-order valence-corrected chi connectivity index (χ2v) is 3.27. The summed E-state index contributed by atoms with van der Waals surface area (Å²) in [6.07, 6.45) is 4.21. The Hall–Kier alpha value is -0.870. The zero-order valence-electron chi connectivity index (χ0n) is 7.52. The minimum Gasteiger partial charge on any atom is -0.478 e. The number of carboxylic acid groups (broad SMARTS) is 1. The monoisotopic (exact) mass is 185 g/mol. The predicted octanol–water partition coefficient (Wildman–Crippen LogP) is 0.0839. The smallest absolute Gasteiger partial charge is 0.328 e. The molecule has 0 unspecified atom stereocenters. The van der Waals surface area contributed by atoms with Gasteiger partial charge in [-0.2, -0.15) is 0 Å². The topological polar surface area (TPSA) is 60.8 Å². The van der Waals surface area contributed by atoms with Gasteiger partial charge >= 0.3 is 5.97 Å². The molecule has 1 aliphatic heterocycles. The van der Waals surface area contributed by atoms with E-state index in [1.807, 2.05) is 0 Å². The first-order valence-electron chi connectivity index (χ1n) is 4.48. The average molecular weight is 185 g/mol. The number of aliphatic hydroxyl groups is 1. The number of hydrogen-bond donors (Lipinski definition) is 2. The first-order chi connectivity index (χ1) is 6.18. The maximum absolute atomic E-state index is 10.1. The van der Waals surface area contributed by atoms with Crippen LogP contribution in [-0.2, 0) is 4.79 Å². The van der Waals surface area contributed by atoms with Gasteiger partial charge in [0.25, 0.3) is 0 Å². The molecule has 1 aliphatic rings. The van der Waals surface area contributed by atoms with E-state index in [2.05, 4.69) is 4.90 Å². The van der Waals surface area contributed by atoms with E-state index in [1.54, 1.807) is 6.08 Å². The van der Waals surface area contributed by atoms with E-state index in [0.29, 0.717) is 6.54 Å². The zero-order chi connectivity index (χ0) is 9.68. The van der Waals surface area contributed by atoms with Gasteiger partial charge in [-0.15, -0.1) is 0 Å². The molecule has 0 spiro atoms. The van der Waals surface area contributed by atoms with Gasteiger partial charge in [-0.1, -0.05) is 6.08 Å². The molecule has 0 radical (unpaired) electrons. The summed E-state index contributed by atoms with van der Waals surface area (Å²) in [4.78, 5) is 12.3. The maximum atomic E-state index is 10.1. The Morgan fingerprint density at radius 1 is 1.46 bits per heavy atom. The average Bonchev–Trinajstić information content (AvgIpc) is 2.08. The molecule has 0 bridgehead atoms. The van der Waals surface area contributed by atoms with Crippen molar-refractivity contribution in [2.75, 3.05) is 19.6 Å². The highest BCUT2D eigenvalue weighted by atomic mass is 16.4. The minimum atomic E-state index is -0.906. The molecule has 0 aromatic carbocycles. The van der Waals surface area contributed by atoms with Crippen molar-refractivity contribution in [2.45, 2.75) is 18.9 Å². The molecule has 4 heteroatoms. The van der Waals surface area contributed by atoms with E-state index < -0.39 is 5.97 Å². The lowest BCUT2D eigenvalue weighted by Crippen LogP contribution is -2.35. The SMILES string of the molecule is O=C(O)/C=C/CN1CCC(O)CC1. The Labute approximate surface area is 77.5 Å². The van der Waals surface area contributed by atoms with E-state index in [-0.39, 0.29) is 6.10 Å². The van der Waals surface area contributed by atoms with Crippen molar-refractivity contribution in [1.82, 2.24) is 4.90 Å². The fourth-order valence-electron chi connectivity index (χ4n) is 1.40. The number of hydrogen-bond acceptors (Lipinski definition) is 3. The summed E-state index contributed by atoms with van der Waals surface area (Å²) >= 11 is 0. The summed E-state index contributed by atoms with van der Waals surface area (Å²) in [7, 11) is 0. The van der Waals surface area contributed by atoms with Crippen molar-refractivity contribution in [1.29, 1.82) is 0 Å². The molecule has 0 atom stereocenters. The van der Waals surface area contributed by atoms with Crippen LogP contribution in [0.4, 0.5) is 0 Å². The molecular weight excluding hydrogens is 170 g/mol. The Morgan fingerprint density at radius 3 is 2.62 bits per heavy atom. The van der Waals surface area contributed by atoms with Crippen LogP contribution in [-0.4, -0.2) is 46.8 Å². The van der Waals surface area contributed by atoms with Gasteiger partial charge in [0.2, 0.25) is 0 Å². The number of aliphatic hydroxyl groups excluding tert-OH is 1. The molecule has 1 heterocycles. The maximum Gasteiger partial charge on any atom is 0.328 e. The molecule has 0 aromatic rings. The third kappa shape index (κ3) is 4.05. The largest absolute Gasteiger partial charge is 0.478 e. The van der Waals surface area contributed by atoms with Gasteiger partial charge in [0.05, 0.1) is 6.10 Å². The fourth-order valence-corrected chi connectivity index (χ4v) is 1.40. The lowest BCUT2D eigenvalue weighted by Gasteiger charge is -2.28. The van der Waals surface area contributed by atoms with Gasteiger partial charge in [-0.05, 0) is 12.8 Å². The van der Waals surface area contributed by atoms with Gasteiger partial charge in [0.15, 0.2) is 0 Å². The van der Waals surface area contributed by atoms with Gasteiger partial charge in [0, 0.05) is 25.7 Å². The van der Waals surface area contributed by atoms with Crippen LogP contribution in [0.2, 0.25) is 0 Å². The molecular formula is C9H15NO3. The van der Waals surface area contributed by atoms with Gasteiger partial charge in [-0.3, -0.25) is 4.90 Å². The number of carboxylic acids is 1. The quantitative estimate of drug-likeness (QED) is 0.611. The number of carbonyl (C=O) groups is 1. The number of rotatable bonds is 3. The standard InChI is InChI=1S/C9H15NO3/c11-8-3-6-10(7-4-8)5-1-2-9(12)13/h1-2,8,11H,3-7H2,(H,12,13)/b2-1+. The third-order valence-corrected chi connectivity index (χ3v) is 2.18. The van der Waals surface area contributed by atoms with Crippen molar-refractivity contribution in [3.05, 3.63) is 12.2 Å². The highest BCUT2D eigenvalue weighted by Gasteiger charge is 2.15. The molecule has 0 aromatic heterocycles. The van der Waals surface area contributed by atoms with E-state index >= 15 is 0 Å². The molecule has 4 nitrogen and oxygen atoms in total. The second-order valence-electron chi connectivity index (χ2n) is 3.27. The molecule has 0 saturated carbocycles. The number of likely N-dealkylation sites (tertiary alicyclic amines) is 1. The summed E-state index contributed by atoms with van der Waals surface area (Å²) in [5.74, 6) is -0.906. The Balaban J connectivity index is 2.19. The van der Waals surface area contributed by atoms with E-state index in [1.165, 1.54) is 0 Å². The summed E-state index contributed by atoms with van der Waals surface area (Å²) < 4.78 is 0. The van der Waals surface area contributed by atoms with Crippen molar-refractivity contribution < 1.29 is 15.0 Å². The third-order valence-electron chi connectivity index (χ3n) is 2.18. The van der Waals surface area contributed by atoms with Crippen LogP contribution in [0.3, 0.4) is 0 Å². The Kier molecular flexibility index (Phi) is 3.92. The van der Waals surface area contributed by atoms with E-state index in [0.717, 1.165) is 32.0 Å². The van der Waals surface area contributed by atoms with Crippen LogP contribution in [0.5, 0.6) is 0 Å². The summed E-state index contributed by atoms with van der Waals surface area (Å²) in [5.41, 5.74) is 0. The minimum absolute atomic E-state index is 0.167. The van der Waals surface area contributed by atoms with Crippen molar-refractivity contribution in [2.24, 2.45) is 0 Å². The van der Waals surface area contributed by atoms with Crippen LogP contribution in [0.25, 0.3) is 0 Å². The summed E-state index contributed by atoms with van der Waals surface area (Å²) in [5, 5.41) is 17.5. The highest BCUT2D eigenvalue weighted by molar-refractivity contribution is 5.79. The second kappa shape index (κ2) is 4.99. The lowest BCUT2D eigenvalue weighted by molar-refractivity contribution is -0.131. The molecule has 1 fully saturated rings. The molecule has 2 N–H and O–H groups in total. The van der Waals surface area contributed by atoms with Crippen LogP contribution in [0.15, 0.2) is 12.2 Å². The van der Waals surface area contributed by atoms with Crippen LogP contribution in [0.1, 0.15) is 12.8 Å². The number of piperidine rings is 1. The number of aliphatic carboxylic acids is 1. The van der Waals surface area contributed by atoms with Crippen molar-refractivity contribution in [3.8, 4) is 0 Å². The highest BCUT2D eigenvalue weighted by Crippen LogP contribution is 2.08.